The summed E-state index contributed by atoms with van der Waals surface area (Å²) in [5, 5.41) is 6.56. The Morgan fingerprint density at radius 3 is 2.81 bits per heavy atom. The Balaban J connectivity index is 1.72. The molecule has 1 saturated heterocycles. The van der Waals surface area contributed by atoms with Crippen LogP contribution in [0.4, 0.5) is 0 Å². The third-order valence-corrected chi connectivity index (χ3v) is 3.77. The number of amides is 1. The molecular formula is C13H24N2O. The van der Waals surface area contributed by atoms with Gasteiger partial charge in [-0.15, -0.1) is 0 Å². The molecule has 3 atom stereocenters. The van der Waals surface area contributed by atoms with Gasteiger partial charge >= 0.3 is 0 Å². The fourth-order valence-corrected chi connectivity index (χ4v) is 2.64. The summed E-state index contributed by atoms with van der Waals surface area (Å²) in [5.74, 6) is 1.40. The van der Waals surface area contributed by atoms with Crippen LogP contribution >= 0.6 is 0 Å². The maximum atomic E-state index is 12.0. The Morgan fingerprint density at radius 2 is 2.19 bits per heavy atom. The maximum Gasteiger partial charge on any atom is 0.223 e. The third kappa shape index (κ3) is 3.48. The van der Waals surface area contributed by atoms with Crippen molar-refractivity contribution in [1.82, 2.24) is 10.6 Å². The molecule has 3 unspecified atom stereocenters. The van der Waals surface area contributed by atoms with Crippen molar-refractivity contribution in [3.05, 3.63) is 0 Å². The summed E-state index contributed by atoms with van der Waals surface area (Å²) in [7, 11) is 0. The molecular weight excluding hydrogens is 200 g/mol. The number of carbonyl (C=O) groups excluding carboxylic acids is 1. The van der Waals surface area contributed by atoms with E-state index in [9.17, 15) is 4.79 Å². The van der Waals surface area contributed by atoms with Crippen LogP contribution in [0.5, 0.6) is 0 Å². The first-order chi connectivity index (χ1) is 7.65. The van der Waals surface area contributed by atoms with Gasteiger partial charge in [-0.2, -0.15) is 0 Å². The van der Waals surface area contributed by atoms with E-state index in [0.717, 1.165) is 25.3 Å². The molecule has 0 radical (unpaired) electrons. The van der Waals surface area contributed by atoms with Gasteiger partial charge in [0.2, 0.25) is 5.91 Å². The Bertz CT molecular complexity index is 250. The molecule has 0 spiro atoms. The fraction of sp³-hybridized carbons (Fsp3) is 0.923. The number of hydrogen-bond acceptors (Lipinski definition) is 2. The van der Waals surface area contributed by atoms with Crippen LogP contribution in [0, 0.1) is 11.8 Å². The number of carbonyl (C=O) groups is 1. The normalized spacial score (nSPS) is 32.1. The number of nitrogens with one attached hydrogen (secondary N) is 2. The van der Waals surface area contributed by atoms with E-state index in [2.05, 4.69) is 24.5 Å². The fourth-order valence-electron chi connectivity index (χ4n) is 2.64. The minimum absolute atomic E-state index is 0.234. The highest BCUT2D eigenvalue weighted by molar-refractivity contribution is 5.79. The maximum absolute atomic E-state index is 12.0. The Morgan fingerprint density at radius 1 is 1.44 bits per heavy atom. The van der Waals surface area contributed by atoms with E-state index >= 15 is 0 Å². The second kappa shape index (κ2) is 5.17. The van der Waals surface area contributed by atoms with Crippen LogP contribution in [0.25, 0.3) is 0 Å². The van der Waals surface area contributed by atoms with Gasteiger partial charge in [0.05, 0.1) is 0 Å². The molecule has 1 heterocycles. The SMILES string of the molecule is CC1CC(C(=O)NC(C)CC2CC2)CCN1. The van der Waals surface area contributed by atoms with Gasteiger partial charge in [-0.05, 0) is 45.6 Å². The molecule has 1 saturated carbocycles. The Hall–Kier alpha value is -0.570. The summed E-state index contributed by atoms with van der Waals surface area (Å²) in [5.41, 5.74) is 0. The topological polar surface area (TPSA) is 41.1 Å². The lowest BCUT2D eigenvalue weighted by Gasteiger charge is -2.28. The molecule has 2 rings (SSSR count). The first-order valence-corrected chi connectivity index (χ1v) is 6.69. The highest BCUT2D eigenvalue weighted by Gasteiger charge is 2.28. The standard InChI is InChI=1S/C13H24N2O/c1-9-8-12(5-6-14-9)13(16)15-10(2)7-11-3-4-11/h9-12,14H,3-8H2,1-2H3,(H,15,16). The van der Waals surface area contributed by atoms with Crippen molar-refractivity contribution < 1.29 is 4.79 Å². The van der Waals surface area contributed by atoms with E-state index in [-0.39, 0.29) is 11.8 Å². The summed E-state index contributed by atoms with van der Waals surface area (Å²) in [6.07, 6.45) is 5.88. The molecule has 0 aromatic heterocycles. The monoisotopic (exact) mass is 224 g/mol. The largest absolute Gasteiger partial charge is 0.353 e. The first kappa shape index (κ1) is 11.9. The molecule has 2 aliphatic rings. The first-order valence-electron chi connectivity index (χ1n) is 6.69. The van der Waals surface area contributed by atoms with E-state index in [1.54, 1.807) is 0 Å². The van der Waals surface area contributed by atoms with Crippen molar-refractivity contribution in [3.63, 3.8) is 0 Å². The lowest BCUT2D eigenvalue weighted by molar-refractivity contribution is -0.126. The average Bonchev–Trinajstić information content (AvgIpc) is 3.01. The van der Waals surface area contributed by atoms with Gasteiger partial charge in [0.25, 0.3) is 0 Å². The van der Waals surface area contributed by atoms with Crippen LogP contribution < -0.4 is 10.6 Å². The Labute approximate surface area is 98.4 Å². The number of rotatable bonds is 4. The number of piperidine rings is 1. The van der Waals surface area contributed by atoms with Crippen LogP contribution in [-0.4, -0.2) is 24.5 Å². The van der Waals surface area contributed by atoms with E-state index < -0.39 is 0 Å². The summed E-state index contributed by atoms with van der Waals surface area (Å²) < 4.78 is 0. The van der Waals surface area contributed by atoms with Crippen LogP contribution in [0.2, 0.25) is 0 Å². The van der Waals surface area contributed by atoms with Gasteiger partial charge in [-0.3, -0.25) is 4.79 Å². The van der Waals surface area contributed by atoms with Crippen molar-refractivity contribution in [3.8, 4) is 0 Å². The van der Waals surface area contributed by atoms with Crippen molar-refractivity contribution in [1.29, 1.82) is 0 Å². The van der Waals surface area contributed by atoms with Crippen LogP contribution in [0.1, 0.15) is 46.0 Å². The van der Waals surface area contributed by atoms with Crippen molar-refractivity contribution in [2.75, 3.05) is 6.54 Å². The second-order valence-electron chi connectivity index (χ2n) is 5.67. The summed E-state index contributed by atoms with van der Waals surface area (Å²) in [4.78, 5) is 12.0. The lowest BCUT2D eigenvalue weighted by Crippen LogP contribution is -2.44. The zero-order valence-electron chi connectivity index (χ0n) is 10.5. The lowest BCUT2D eigenvalue weighted by atomic mass is 9.92. The number of hydrogen-bond donors (Lipinski definition) is 2. The minimum atomic E-state index is 0.234. The Kier molecular flexibility index (Phi) is 3.85. The van der Waals surface area contributed by atoms with Crippen LogP contribution in [-0.2, 0) is 4.79 Å². The average molecular weight is 224 g/mol. The van der Waals surface area contributed by atoms with Crippen LogP contribution in [0.15, 0.2) is 0 Å². The van der Waals surface area contributed by atoms with E-state index in [4.69, 9.17) is 0 Å². The predicted molar refractivity (Wildman–Crippen MR) is 65.1 cm³/mol. The van der Waals surface area contributed by atoms with Gasteiger partial charge in [-0.25, -0.2) is 0 Å². The predicted octanol–water partition coefficient (Wildman–Crippen LogP) is 1.68. The second-order valence-corrected chi connectivity index (χ2v) is 5.67. The molecule has 0 aromatic rings. The molecule has 1 amide bonds. The molecule has 92 valence electrons. The summed E-state index contributed by atoms with van der Waals surface area (Å²) in [6, 6.07) is 0.855. The van der Waals surface area contributed by atoms with Gasteiger partial charge < -0.3 is 10.6 Å². The zero-order valence-corrected chi connectivity index (χ0v) is 10.5. The van der Waals surface area contributed by atoms with E-state index in [1.165, 1.54) is 19.3 Å². The molecule has 2 fully saturated rings. The van der Waals surface area contributed by atoms with E-state index in [1.807, 2.05) is 0 Å². The quantitative estimate of drug-likeness (QED) is 0.763. The molecule has 1 aliphatic carbocycles. The summed E-state index contributed by atoms with van der Waals surface area (Å²) in [6.45, 7) is 5.28. The molecule has 16 heavy (non-hydrogen) atoms. The third-order valence-electron chi connectivity index (χ3n) is 3.77. The van der Waals surface area contributed by atoms with Gasteiger partial charge in [0, 0.05) is 18.0 Å². The van der Waals surface area contributed by atoms with Crippen LogP contribution in [0.3, 0.4) is 0 Å². The zero-order chi connectivity index (χ0) is 11.5. The molecule has 3 nitrogen and oxygen atoms in total. The molecule has 0 bridgehead atoms. The van der Waals surface area contributed by atoms with Gasteiger partial charge in [0.15, 0.2) is 0 Å². The van der Waals surface area contributed by atoms with Crippen molar-refractivity contribution in [2.24, 2.45) is 11.8 Å². The van der Waals surface area contributed by atoms with Crippen molar-refractivity contribution >= 4 is 5.91 Å². The minimum Gasteiger partial charge on any atom is -0.353 e. The highest BCUT2D eigenvalue weighted by Crippen LogP contribution is 2.33. The van der Waals surface area contributed by atoms with E-state index in [0.29, 0.717) is 12.1 Å². The molecule has 0 aromatic carbocycles. The molecule has 1 aliphatic heterocycles. The van der Waals surface area contributed by atoms with Gasteiger partial charge in [0.1, 0.15) is 0 Å². The smallest absolute Gasteiger partial charge is 0.223 e. The van der Waals surface area contributed by atoms with Crippen molar-refractivity contribution in [2.45, 2.75) is 58.0 Å². The van der Waals surface area contributed by atoms with Gasteiger partial charge in [-0.1, -0.05) is 12.8 Å². The highest BCUT2D eigenvalue weighted by atomic mass is 16.1. The summed E-state index contributed by atoms with van der Waals surface area (Å²) >= 11 is 0. The molecule has 3 heteroatoms. The molecule has 2 N–H and O–H groups in total.